The van der Waals surface area contributed by atoms with Gasteiger partial charge in [-0.3, -0.25) is 9.67 Å². The lowest BCUT2D eigenvalue weighted by atomic mass is 9.84. The van der Waals surface area contributed by atoms with Gasteiger partial charge in [0.15, 0.2) is 5.96 Å². The van der Waals surface area contributed by atoms with Crippen molar-refractivity contribution in [3.8, 4) is 0 Å². The van der Waals surface area contributed by atoms with E-state index in [1.807, 2.05) is 18.8 Å². The molecule has 1 fully saturated rings. The van der Waals surface area contributed by atoms with Gasteiger partial charge in [-0.2, -0.15) is 5.10 Å². The molecule has 132 valence electrons. The number of halogens is 1. The molecule has 5 nitrogen and oxygen atoms in total. The minimum atomic E-state index is 0. The Kier molecular flexibility index (Phi) is 8.36. The molecule has 1 heterocycles. The Morgan fingerprint density at radius 3 is 2.39 bits per heavy atom. The molecule has 6 heteroatoms. The summed E-state index contributed by atoms with van der Waals surface area (Å²) in [6, 6.07) is 0.560. The van der Waals surface area contributed by atoms with Crippen molar-refractivity contribution >= 4 is 29.9 Å². The Labute approximate surface area is 157 Å². The molecule has 1 saturated carbocycles. The average Bonchev–Trinajstić information content (AvgIpc) is 2.77. The van der Waals surface area contributed by atoms with Crippen LogP contribution in [0.3, 0.4) is 0 Å². The smallest absolute Gasteiger partial charge is 0.191 e. The van der Waals surface area contributed by atoms with E-state index in [9.17, 15) is 0 Å². The van der Waals surface area contributed by atoms with Gasteiger partial charge >= 0.3 is 0 Å². The minimum absolute atomic E-state index is 0. The van der Waals surface area contributed by atoms with Gasteiger partial charge in [-0.15, -0.1) is 24.0 Å². The molecule has 1 aromatic rings. The van der Waals surface area contributed by atoms with Gasteiger partial charge in [-0.05, 0) is 45.4 Å². The van der Waals surface area contributed by atoms with Crippen molar-refractivity contribution in [1.29, 1.82) is 0 Å². The van der Waals surface area contributed by atoms with E-state index in [-0.39, 0.29) is 24.0 Å². The van der Waals surface area contributed by atoms with E-state index in [1.54, 1.807) is 0 Å². The molecule has 2 N–H and O–H groups in total. The fourth-order valence-electron chi connectivity index (χ4n) is 3.35. The van der Waals surface area contributed by atoms with Crippen molar-refractivity contribution in [3.63, 3.8) is 0 Å². The lowest BCUT2D eigenvalue weighted by Crippen LogP contribution is -2.44. The van der Waals surface area contributed by atoms with Crippen LogP contribution in [0.4, 0.5) is 0 Å². The van der Waals surface area contributed by atoms with Crippen molar-refractivity contribution in [3.05, 3.63) is 17.0 Å². The molecule has 0 amide bonds. The second-order valence-electron chi connectivity index (χ2n) is 6.47. The highest BCUT2D eigenvalue weighted by atomic mass is 127. The zero-order valence-electron chi connectivity index (χ0n) is 15.1. The quantitative estimate of drug-likeness (QED) is 0.435. The summed E-state index contributed by atoms with van der Waals surface area (Å²) in [6.07, 6.45) is 6.51. The summed E-state index contributed by atoms with van der Waals surface area (Å²) in [7, 11) is 3.83. The zero-order chi connectivity index (χ0) is 16.1. The van der Waals surface area contributed by atoms with E-state index in [4.69, 9.17) is 0 Å². The van der Waals surface area contributed by atoms with Crippen LogP contribution in [0.5, 0.6) is 0 Å². The lowest BCUT2D eigenvalue weighted by molar-refractivity contribution is 0.304. The second kappa shape index (κ2) is 9.49. The van der Waals surface area contributed by atoms with Crippen LogP contribution in [0.25, 0.3) is 0 Å². The standard InChI is InChI=1S/C17H31N5.HI/c1-6-14-7-9-15(10-8-14)20-17(18-4)19-11-16-12(2)21-22(5)13(16)3;/h14-15H,6-11H2,1-5H3,(H2,18,19,20);1H. The van der Waals surface area contributed by atoms with Crippen LogP contribution in [0.2, 0.25) is 0 Å². The van der Waals surface area contributed by atoms with Crippen LogP contribution in [0.15, 0.2) is 4.99 Å². The molecular formula is C17H32IN5. The Bertz CT molecular complexity index is 515. The normalized spacial score (nSPS) is 21.7. The van der Waals surface area contributed by atoms with Crippen molar-refractivity contribution in [1.82, 2.24) is 20.4 Å². The molecule has 0 spiro atoms. The van der Waals surface area contributed by atoms with Gasteiger partial charge in [0.05, 0.1) is 5.69 Å². The van der Waals surface area contributed by atoms with Gasteiger partial charge in [0, 0.05) is 37.9 Å². The third-order valence-corrected chi connectivity index (χ3v) is 5.08. The summed E-state index contributed by atoms with van der Waals surface area (Å²) in [5.74, 6) is 1.83. The molecule has 2 rings (SSSR count). The lowest BCUT2D eigenvalue weighted by Gasteiger charge is -2.29. The van der Waals surface area contributed by atoms with Gasteiger partial charge in [0.1, 0.15) is 0 Å². The highest BCUT2D eigenvalue weighted by Gasteiger charge is 2.20. The highest BCUT2D eigenvalue weighted by molar-refractivity contribution is 14.0. The van der Waals surface area contributed by atoms with E-state index in [0.29, 0.717) is 6.04 Å². The molecule has 0 atom stereocenters. The Morgan fingerprint density at radius 1 is 1.26 bits per heavy atom. The molecule has 1 aromatic heterocycles. The summed E-state index contributed by atoms with van der Waals surface area (Å²) in [5.41, 5.74) is 3.57. The van der Waals surface area contributed by atoms with Crippen molar-refractivity contribution in [2.24, 2.45) is 18.0 Å². The molecule has 0 saturated heterocycles. The van der Waals surface area contributed by atoms with Crippen molar-refractivity contribution in [2.45, 2.75) is 65.5 Å². The van der Waals surface area contributed by atoms with Gasteiger partial charge in [-0.25, -0.2) is 0 Å². The largest absolute Gasteiger partial charge is 0.354 e. The van der Waals surface area contributed by atoms with E-state index in [1.165, 1.54) is 43.4 Å². The molecule has 0 radical (unpaired) electrons. The fraction of sp³-hybridized carbons (Fsp3) is 0.765. The monoisotopic (exact) mass is 433 g/mol. The first-order chi connectivity index (χ1) is 10.5. The zero-order valence-corrected chi connectivity index (χ0v) is 17.5. The summed E-state index contributed by atoms with van der Waals surface area (Å²) < 4.78 is 1.94. The van der Waals surface area contributed by atoms with Crippen LogP contribution in [-0.2, 0) is 13.6 Å². The van der Waals surface area contributed by atoms with Gasteiger partial charge in [0.2, 0.25) is 0 Å². The fourth-order valence-corrected chi connectivity index (χ4v) is 3.35. The number of aromatic nitrogens is 2. The first kappa shape index (κ1) is 20.3. The van der Waals surface area contributed by atoms with Crippen LogP contribution in [0, 0.1) is 19.8 Å². The first-order valence-corrected chi connectivity index (χ1v) is 8.51. The third kappa shape index (κ3) is 5.36. The van der Waals surface area contributed by atoms with Crippen LogP contribution in [0.1, 0.15) is 56.0 Å². The predicted molar refractivity (Wildman–Crippen MR) is 107 cm³/mol. The molecule has 23 heavy (non-hydrogen) atoms. The summed E-state index contributed by atoms with van der Waals surface area (Å²) >= 11 is 0. The number of aliphatic imine (C=N–C) groups is 1. The first-order valence-electron chi connectivity index (χ1n) is 8.51. The molecule has 0 aliphatic heterocycles. The van der Waals surface area contributed by atoms with Gasteiger partial charge in [-0.1, -0.05) is 13.3 Å². The number of hydrogen-bond acceptors (Lipinski definition) is 2. The molecule has 1 aliphatic carbocycles. The Balaban J connectivity index is 0.00000264. The van der Waals surface area contributed by atoms with Crippen LogP contribution >= 0.6 is 24.0 Å². The van der Waals surface area contributed by atoms with Crippen LogP contribution < -0.4 is 10.6 Å². The third-order valence-electron chi connectivity index (χ3n) is 5.08. The maximum atomic E-state index is 4.46. The maximum absolute atomic E-state index is 4.46. The topological polar surface area (TPSA) is 54.2 Å². The average molecular weight is 433 g/mol. The summed E-state index contributed by atoms with van der Waals surface area (Å²) in [5, 5.41) is 11.5. The second-order valence-corrected chi connectivity index (χ2v) is 6.47. The summed E-state index contributed by atoms with van der Waals surface area (Å²) in [6.45, 7) is 7.25. The maximum Gasteiger partial charge on any atom is 0.191 e. The summed E-state index contributed by atoms with van der Waals surface area (Å²) in [4.78, 5) is 4.37. The van der Waals surface area contributed by atoms with Gasteiger partial charge < -0.3 is 10.6 Å². The minimum Gasteiger partial charge on any atom is -0.354 e. The number of hydrogen-bond donors (Lipinski definition) is 2. The number of rotatable bonds is 4. The van der Waals surface area contributed by atoms with E-state index >= 15 is 0 Å². The number of nitrogens with one attached hydrogen (secondary N) is 2. The van der Waals surface area contributed by atoms with Crippen molar-refractivity contribution in [2.75, 3.05) is 7.05 Å². The number of nitrogens with zero attached hydrogens (tertiary/aromatic N) is 3. The van der Waals surface area contributed by atoms with E-state index in [0.717, 1.165) is 24.1 Å². The highest BCUT2D eigenvalue weighted by Crippen LogP contribution is 2.26. The number of guanidine groups is 1. The molecule has 0 aromatic carbocycles. The Hall–Kier alpha value is -0.790. The molecule has 0 unspecified atom stereocenters. The van der Waals surface area contributed by atoms with Gasteiger partial charge in [0.25, 0.3) is 0 Å². The SMILES string of the molecule is CCC1CCC(NC(=NC)NCc2c(C)nn(C)c2C)CC1.I. The molecule has 1 aliphatic rings. The van der Waals surface area contributed by atoms with E-state index in [2.05, 4.69) is 41.5 Å². The molecule has 0 bridgehead atoms. The Morgan fingerprint density at radius 2 is 1.91 bits per heavy atom. The predicted octanol–water partition coefficient (Wildman–Crippen LogP) is 3.29. The van der Waals surface area contributed by atoms with Crippen LogP contribution in [-0.4, -0.2) is 28.8 Å². The van der Waals surface area contributed by atoms with Crippen molar-refractivity contribution < 1.29 is 0 Å². The van der Waals surface area contributed by atoms with E-state index < -0.39 is 0 Å². The molecular weight excluding hydrogens is 401 g/mol. The number of aryl methyl sites for hydroxylation is 2.